The molecule has 0 N–H and O–H groups in total. The fraction of sp³-hybridized carbons (Fsp3) is 0. The number of hydrogen-bond acceptors (Lipinski definition) is 3. The van der Waals surface area contributed by atoms with E-state index in [9.17, 15) is 0 Å². The average Bonchev–Trinajstić information content (AvgIpc) is 0.918. The first kappa shape index (κ1) is 17.7. The molecule has 0 fully saturated rings. The van der Waals surface area contributed by atoms with Crippen molar-refractivity contribution in [1.29, 1.82) is 0 Å². The standard InChI is InChI=1S/2ClH.HO2S/c;;1-3-2/h2*1H;3H/q;;-1. The molecular formula is H3Cl2O2S-. The van der Waals surface area contributed by atoms with Crippen LogP contribution in [0.2, 0.25) is 0 Å². The zero-order chi connectivity index (χ0) is 2.71. The Morgan fingerprint density at radius 2 is 1.00 bits per heavy atom. The quantitative estimate of drug-likeness (QED) is 0.357. The molecule has 5 heavy (non-hydrogen) atoms. The third kappa shape index (κ3) is 103. The lowest BCUT2D eigenvalue weighted by molar-refractivity contribution is 0.541. The molecule has 0 aliphatic heterocycles. The minimum Gasteiger partial charge on any atom is -0.427 e. The predicted molar refractivity (Wildman–Crippen MR) is 24.6 cm³/mol. The lowest BCUT2D eigenvalue weighted by Gasteiger charge is -1.27. The minimum atomic E-state index is -1.08. The summed E-state index contributed by atoms with van der Waals surface area (Å²) in [5, 5.41) is 0. The molecule has 0 bridgehead atoms. The van der Waals surface area contributed by atoms with Gasteiger partial charge in [0.15, 0.2) is 0 Å². The summed E-state index contributed by atoms with van der Waals surface area (Å²) in [6.07, 6.45) is 0. The fourth-order valence-electron chi connectivity index (χ4n) is 0. The maximum absolute atomic E-state index is 8.35. The van der Waals surface area contributed by atoms with Gasteiger partial charge in [0, 0.05) is 0 Å². The van der Waals surface area contributed by atoms with Crippen LogP contribution in [-0.2, 0) is 20.0 Å². The van der Waals surface area contributed by atoms with Gasteiger partial charge < -0.3 is 8.42 Å². The van der Waals surface area contributed by atoms with E-state index >= 15 is 0 Å². The molecule has 0 saturated carbocycles. The Hall–Kier alpha value is 0.530. The molecule has 0 aromatic heterocycles. The smallest absolute Gasteiger partial charge is 0.0885 e. The van der Waals surface area contributed by atoms with Crippen LogP contribution < -0.4 is 0 Å². The number of rotatable bonds is 0. The van der Waals surface area contributed by atoms with Crippen LogP contribution in [0.1, 0.15) is 0 Å². The second-order valence-electron chi connectivity index (χ2n) is 0.0745. The van der Waals surface area contributed by atoms with Crippen LogP contribution in [0.15, 0.2) is 0 Å². The summed E-state index contributed by atoms with van der Waals surface area (Å²) in [5.41, 5.74) is 0. The second kappa shape index (κ2) is 24.1. The molecule has 0 amide bonds. The van der Waals surface area contributed by atoms with Gasteiger partial charge in [-0.2, -0.15) is 0 Å². The summed E-state index contributed by atoms with van der Waals surface area (Å²) in [7, 11) is 0. The topological polar surface area (TPSA) is 34.1 Å². The first-order valence-electron chi connectivity index (χ1n) is 0.365. The highest BCUT2D eigenvalue weighted by Crippen LogP contribution is 0.942. The molecule has 0 unspecified atom stereocenters. The van der Waals surface area contributed by atoms with Gasteiger partial charge in [0.2, 0.25) is 0 Å². The van der Waals surface area contributed by atoms with Crippen LogP contribution in [0.4, 0.5) is 0 Å². The van der Waals surface area contributed by atoms with Crippen molar-refractivity contribution in [3.05, 3.63) is 0 Å². The van der Waals surface area contributed by atoms with Crippen molar-refractivity contribution in [2.24, 2.45) is 0 Å². The monoisotopic (exact) mass is 137 g/mol. The largest absolute Gasteiger partial charge is 0.427 e. The summed E-state index contributed by atoms with van der Waals surface area (Å²) in [6.45, 7) is 0. The predicted octanol–water partition coefficient (Wildman–Crippen LogP) is 0.336. The SMILES string of the molecule is Cl.Cl.O=[SH-]=O. The minimum absolute atomic E-state index is 0. The highest BCUT2D eigenvalue weighted by atomic mass is 35.5. The van der Waals surface area contributed by atoms with E-state index in [1.54, 1.807) is 0 Å². The van der Waals surface area contributed by atoms with Gasteiger partial charge in [0.05, 0.1) is 0 Å². The highest BCUT2D eigenvalue weighted by Gasteiger charge is 0.757. The highest BCUT2D eigenvalue weighted by molar-refractivity contribution is 7.51. The maximum Gasteiger partial charge on any atom is -0.0885 e. The van der Waals surface area contributed by atoms with E-state index in [4.69, 9.17) is 8.42 Å². The van der Waals surface area contributed by atoms with Crippen LogP contribution in [-0.4, -0.2) is 0 Å². The average molecular weight is 138 g/mol. The molecule has 36 valence electrons. The molecule has 0 aromatic carbocycles. The van der Waals surface area contributed by atoms with Gasteiger partial charge in [0.25, 0.3) is 0 Å². The molecule has 0 radical (unpaired) electrons. The summed E-state index contributed by atoms with van der Waals surface area (Å²) < 4.78 is 16.7. The van der Waals surface area contributed by atoms with Crippen LogP contribution in [0, 0.1) is 0 Å². The van der Waals surface area contributed by atoms with E-state index in [1.165, 1.54) is 0 Å². The third-order valence-electron chi connectivity index (χ3n) is 0. The summed E-state index contributed by atoms with van der Waals surface area (Å²) in [4.78, 5) is 0. The summed E-state index contributed by atoms with van der Waals surface area (Å²) in [6, 6.07) is 0. The van der Waals surface area contributed by atoms with Gasteiger partial charge in [-0.3, -0.25) is 0 Å². The number of hydrogen-bond donors (Lipinski definition) is 0. The van der Waals surface area contributed by atoms with Gasteiger partial charge >= 0.3 is 0 Å². The van der Waals surface area contributed by atoms with E-state index < -0.39 is 11.6 Å². The van der Waals surface area contributed by atoms with Crippen LogP contribution in [0.25, 0.3) is 0 Å². The normalized spacial score (nSPS) is 3.20. The maximum atomic E-state index is 8.35. The van der Waals surface area contributed by atoms with Crippen molar-refractivity contribution in [3.8, 4) is 0 Å². The molecular weight excluding hydrogens is 135 g/mol. The number of thiol groups is 1. The number of halogens is 2. The van der Waals surface area contributed by atoms with Gasteiger partial charge in [-0.25, -0.2) is 0 Å². The van der Waals surface area contributed by atoms with Crippen LogP contribution >= 0.6 is 24.8 Å². The fourth-order valence-corrected chi connectivity index (χ4v) is 0. The van der Waals surface area contributed by atoms with Crippen molar-refractivity contribution in [2.45, 2.75) is 0 Å². The van der Waals surface area contributed by atoms with Crippen molar-refractivity contribution >= 4 is 36.4 Å². The molecule has 0 saturated heterocycles. The van der Waals surface area contributed by atoms with Crippen molar-refractivity contribution < 1.29 is 8.42 Å². The van der Waals surface area contributed by atoms with Gasteiger partial charge in [0.1, 0.15) is 0 Å². The molecule has 0 heterocycles. The first-order chi connectivity index (χ1) is 1.41. The van der Waals surface area contributed by atoms with E-state index in [-0.39, 0.29) is 24.8 Å². The van der Waals surface area contributed by atoms with Gasteiger partial charge in [-0.05, 0) is 0 Å². The Labute approximate surface area is 45.4 Å². The summed E-state index contributed by atoms with van der Waals surface area (Å²) >= 11 is -1.08. The molecule has 5 heteroatoms. The Morgan fingerprint density at radius 3 is 1.00 bits per heavy atom. The van der Waals surface area contributed by atoms with Crippen molar-refractivity contribution in [3.63, 3.8) is 0 Å². The Morgan fingerprint density at radius 1 is 1.00 bits per heavy atom. The Balaban J connectivity index is -0.0000000200. The molecule has 0 atom stereocenters. The lowest BCUT2D eigenvalue weighted by atomic mass is 15.9. The molecule has 2 nitrogen and oxygen atoms in total. The molecule has 0 aliphatic carbocycles. The third-order valence-corrected chi connectivity index (χ3v) is 0. The van der Waals surface area contributed by atoms with E-state index in [0.717, 1.165) is 0 Å². The zero-order valence-electron chi connectivity index (χ0n) is 2.08. The van der Waals surface area contributed by atoms with Crippen molar-refractivity contribution in [2.75, 3.05) is 0 Å². The molecule has 0 spiro atoms. The first-order valence-corrected chi connectivity index (χ1v) is 1.10. The van der Waals surface area contributed by atoms with E-state index in [0.29, 0.717) is 0 Å². The molecule has 0 aliphatic rings. The Bertz CT molecular complexity index is 28.6. The van der Waals surface area contributed by atoms with E-state index in [2.05, 4.69) is 0 Å². The van der Waals surface area contributed by atoms with Gasteiger partial charge in [-0.15, -0.1) is 24.8 Å². The molecule has 0 rings (SSSR count). The summed E-state index contributed by atoms with van der Waals surface area (Å²) in [5.74, 6) is 0. The van der Waals surface area contributed by atoms with Gasteiger partial charge in [-0.1, -0.05) is 11.6 Å². The van der Waals surface area contributed by atoms with Crippen molar-refractivity contribution in [1.82, 2.24) is 0 Å². The second-order valence-corrected chi connectivity index (χ2v) is 0.224. The van der Waals surface area contributed by atoms with Crippen LogP contribution in [0.3, 0.4) is 0 Å². The lowest BCUT2D eigenvalue weighted by Crippen LogP contribution is -1.06. The van der Waals surface area contributed by atoms with Crippen LogP contribution in [0.5, 0.6) is 0 Å². The molecule has 0 aromatic rings. The Kier molecular flexibility index (Phi) is 85.5. The van der Waals surface area contributed by atoms with E-state index in [1.807, 2.05) is 0 Å². The zero-order valence-corrected chi connectivity index (χ0v) is 4.61.